The van der Waals surface area contributed by atoms with Crippen LogP contribution in [0.5, 0.6) is 5.75 Å². The maximum absolute atomic E-state index is 13.4. The number of hydrazone groups is 1. The Labute approximate surface area is 192 Å². The minimum atomic E-state index is -0.968. The van der Waals surface area contributed by atoms with Gasteiger partial charge >= 0.3 is 0 Å². The largest absolute Gasteiger partial charge is 0.497 e. The van der Waals surface area contributed by atoms with Crippen LogP contribution in [0.2, 0.25) is 0 Å². The number of amidine groups is 1. The molecule has 2 aromatic rings. The van der Waals surface area contributed by atoms with Crippen LogP contribution in [0.3, 0.4) is 0 Å². The van der Waals surface area contributed by atoms with Crippen LogP contribution in [0, 0.1) is 0 Å². The van der Waals surface area contributed by atoms with E-state index < -0.39 is 6.17 Å². The molecule has 1 unspecified atom stereocenters. The van der Waals surface area contributed by atoms with Crippen LogP contribution in [-0.4, -0.2) is 40.9 Å². The normalized spacial score (nSPS) is 17.2. The molecular weight excluding hydrogens is 480 g/mol. The quantitative estimate of drug-likeness (QED) is 0.486. The number of rotatable bonds is 6. The van der Waals surface area contributed by atoms with Crippen molar-refractivity contribution < 1.29 is 14.3 Å². The van der Waals surface area contributed by atoms with Gasteiger partial charge in [0.1, 0.15) is 11.4 Å². The van der Waals surface area contributed by atoms with Crippen molar-refractivity contribution in [2.75, 3.05) is 12.9 Å². The van der Waals surface area contributed by atoms with E-state index in [1.807, 2.05) is 12.1 Å². The van der Waals surface area contributed by atoms with E-state index in [1.54, 1.807) is 37.4 Å². The molecule has 160 valence electrons. The zero-order valence-electron chi connectivity index (χ0n) is 17.1. The van der Waals surface area contributed by atoms with Crippen LogP contribution in [0.25, 0.3) is 5.70 Å². The Morgan fingerprint density at radius 2 is 2.03 bits per heavy atom. The molecule has 9 heteroatoms. The molecule has 2 aliphatic rings. The first-order valence-corrected chi connectivity index (χ1v) is 11.7. The van der Waals surface area contributed by atoms with Crippen LogP contribution < -0.4 is 20.6 Å². The van der Waals surface area contributed by atoms with E-state index in [-0.39, 0.29) is 11.7 Å². The molecule has 0 aromatic heterocycles. The number of nitrogens with zero attached hydrogens (tertiary/aromatic N) is 3. The standard InChI is InChI=1S/C22H21BrN4O3S/c1-3-4-11-31-22-25-21(29)18-16-12-14(23)7-10-17(16)24-20(27(18)26-22)19(28)13-5-8-15(30-2)9-6-13/h5-10,12,20H,3-4,11H2,1-2H3,(H,25,26,29). The third-order valence-corrected chi connectivity index (χ3v) is 6.36. The van der Waals surface area contributed by atoms with E-state index in [9.17, 15) is 9.59 Å². The number of carbonyl (C=O) groups is 2. The van der Waals surface area contributed by atoms with Crippen LogP contribution >= 0.6 is 27.7 Å². The van der Waals surface area contributed by atoms with Crippen molar-refractivity contribution in [2.24, 2.45) is 10.1 Å². The summed E-state index contributed by atoms with van der Waals surface area (Å²) in [5.41, 5.74) is 0.786. The number of carbonyl (C=O) groups excluding carboxylic acids is 2. The molecule has 0 fully saturated rings. The number of halogens is 1. The lowest BCUT2D eigenvalue weighted by Crippen LogP contribution is -2.54. The summed E-state index contributed by atoms with van der Waals surface area (Å²) in [5, 5.41) is 10.6. The number of hydrogen-bond acceptors (Lipinski definition) is 7. The van der Waals surface area contributed by atoms with Crippen LogP contribution in [0.1, 0.15) is 30.1 Å². The molecule has 1 N–H and O–H groups in total. The minimum absolute atomic E-state index is 0.245. The van der Waals surface area contributed by atoms with Gasteiger partial charge in [0, 0.05) is 21.0 Å². The summed E-state index contributed by atoms with van der Waals surface area (Å²) in [7, 11) is 1.57. The maximum Gasteiger partial charge on any atom is 0.276 e. The number of Topliss-reactive ketones (excluding diaryl/α,β-unsaturated/α-hetero) is 1. The van der Waals surface area contributed by atoms with E-state index >= 15 is 0 Å². The Hall–Kier alpha value is -2.65. The molecule has 0 bridgehead atoms. The molecule has 7 nitrogen and oxygen atoms in total. The first-order valence-electron chi connectivity index (χ1n) is 9.89. The average Bonchev–Trinajstić information content (AvgIpc) is 2.78. The zero-order valence-corrected chi connectivity index (χ0v) is 19.5. The number of methoxy groups -OCH3 is 1. The van der Waals surface area contributed by atoms with Gasteiger partial charge in [-0.05, 0) is 48.9 Å². The summed E-state index contributed by atoms with van der Waals surface area (Å²) in [4.78, 5) is 31.1. The van der Waals surface area contributed by atoms with Crippen LogP contribution in [-0.2, 0) is 4.79 Å². The molecule has 0 aliphatic carbocycles. The summed E-state index contributed by atoms with van der Waals surface area (Å²) in [5.74, 6) is 0.945. The Morgan fingerprint density at radius 3 is 2.74 bits per heavy atom. The van der Waals surface area contributed by atoms with Crippen LogP contribution in [0.4, 0.5) is 0 Å². The number of nitrogens with one attached hydrogen (secondary N) is 1. The fourth-order valence-electron chi connectivity index (χ4n) is 3.31. The van der Waals surface area contributed by atoms with E-state index in [4.69, 9.17) is 4.74 Å². The highest BCUT2D eigenvalue weighted by Crippen LogP contribution is 2.24. The van der Waals surface area contributed by atoms with Gasteiger partial charge in [0.25, 0.3) is 5.91 Å². The third kappa shape index (κ3) is 4.38. The fourth-order valence-corrected chi connectivity index (χ4v) is 4.60. The highest BCUT2D eigenvalue weighted by atomic mass is 79.9. The molecule has 0 spiro atoms. The van der Waals surface area contributed by atoms with Gasteiger partial charge in [0.05, 0.1) is 12.5 Å². The molecule has 0 radical (unpaired) electrons. The number of thioether (sulfide) groups is 1. The molecule has 2 aliphatic heterocycles. The third-order valence-electron chi connectivity index (χ3n) is 4.92. The number of hydrogen-bond donors (Lipinski definition) is 1. The molecule has 2 heterocycles. The highest BCUT2D eigenvalue weighted by molar-refractivity contribution is 9.10. The van der Waals surface area contributed by atoms with Gasteiger partial charge in [0.15, 0.2) is 5.17 Å². The number of ketones is 1. The summed E-state index contributed by atoms with van der Waals surface area (Å²) >= 11 is 4.92. The number of fused-ring (bicyclic) bond motifs is 2. The second kappa shape index (κ2) is 9.23. The number of unbranched alkanes of at least 4 members (excludes halogenated alkanes) is 1. The molecule has 31 heavy (non-hydrogen) atoms. The summed E-state index contributed by atoms with van der Waals surface area (Å²) < 4.78 is 6.00. The highest BCUT2D eigenvalue weighted by Gasteiger charge is 2.37. The topological polar surface area (TPSA) is 83.4 Å². The lowest BCUT2D eigenvalue weighted by molar-refractivity contribution is -0.115. The van der Waals surface area contributed by atoms with Crippen molar-refractivity contribution >= 4 is 50.2 Å². The van der Waals surface area contributed by atoms with Crippen molar-refractivity contribution in [3.05, 3.63) is 63.1 Å². The molecular formula is C22H21BrN4O3S. The molecule has 4 rings (SSSR count). The molecule has 0 saturated carbocycles. The summed E-state index contributed by atoms with van der Waals surface area (Å²) in [6.45, 7) is 2.11. The Bertz CT molecular complexity index is 1180. The van der Waals surface area contributed by atoms with Crippen molar-refractivity contribution in [1.82, 2.24) is 10.3 Å². The lowest BCUT2D eigenvalue weighted by atomic mass is 10.1. The average molecular weight is 501 g/mol. The van der Waals surface area contributed by atoms with E-state index in [1.165, 1.54) is 16.8 Å². The minimum Gasteiger partial charge on any atom is -0.497 e. The van der Waals surface area contributed by atoms with Crippen molar-refractivity contribution in [3.63, 3.8) is 0 Å². The van der Waals surface area contributed by atoms with Crippen molar-refractivity contribution in [3.8, 4) is 5.75 Å². The van der Waals surface area contributed by atoms with Gasteiger partial charge in [0.2, 0.25) is 11.9 Å². The van der Waals surface area contributed by atoms with Crippen molar-refractivity contribution in [2.45, 2.75) is 25.9 Å². The van der Waals surface area contributed by atoms with Gasteiger partial charge in [-0.25, -0.2) is 10.0 Å². The first kappa shape index (κ1) is 21.6. The molecule has 2 aromatic carbocycles. The van der Waals surface area contributed by atoms with Crippen molar-refractivity contribution in [1.29, 1.82) is 0 Å². The van der Waals surface area contributed by atoms with E-state index in [0.717, 1.165) is 23.1 Å². The number of amides is 1. The molecule has 1 atom stereocenters. The zero-order chi connectivity index (χ0) is 22.0. The summed E-state index contributed by atoms with van der Waals surface area (Å²) in [6, 6.07) is 12.3. The van der Waals surface area contributed by atoms with Gasteiger partial charge in [-0.1, -0.05) is 41.0 Å². The Kier molecular flexibility index (Phi) is 6.43. The SMILES string of the molecule is CCCCSC1=NN2C(=c3cc(Br)ccc3=NC2C(=O)c2ccc(OC)cc2)C(=O)N1. The van der Waals surface area contributed by atoms with Gasteiger partial charge in [-0.2, -0.15) is 0 Å². The Morgan fingerprint density at radius 1 is 1.26 bits per heavy atom. The van der Waals surface area contributed by atoms with E-state index in [0.29, 0.717) is 32.8 Å². The second-order valence-electron chi connectivity index (χ2n) is 7.01. The molecule has 0 saturated heterocycles. The van der Waals surface area contributed by atoms with Crippen LogP contribution in [0.15, 0.2) is 57.0 Å². The van der Waals surface area contributed by atoms with Gasteiger partial charge in [-0.15, -0.1) is 5.10 Å². The second-order valence-corrected chi connectivity index (χ2v) is 9.01. The predicted octanol–water partition coefficient (Wildman–Crippen LogP) is 2.64. The fraction of sp³-hybridized carbons (Fsp3) is 0.273. The van der Waals surface area contributed by atoms with E-state index in [2.05, 4.69) is 38.3 Å². The van der Waals surface area contributed by atoms with Gasteiger partial charge in [-0.3, -0.25) is 14.9 Å². The predicted molar refractivity (Wildman–Crippen MR) is 124 cm³/mol. The Balaban J connectivity index is 1.80. The number of ether oxygens (including phenoxy) is 1. The first-order chi connectivity index (χ1) is 15.0. The van der Waals surface area contributed by atoms with Gasteiger partial charge < -0.3 is 4.74 Å². The molecule has 1 amide bonds. The number of benzene rings is 2. The lowest BCUT2D eigenvalue weighted by Gasteiger charge is -2.33. The summed E-state index contributed by atoms with van der Waals surface area (Å²) in [6.07, 6.45) is 1.08. The monoisotopic (exact) mass is 500 g/mol. The smallest absolute Gasteiger partial charge is 0.276 e. The maximum atomic E-state index is 13.4.